The topological polar surface area (TPSA) is 32.3 Å². The minimum absolute atomic E-state index is 0.0740. The summed E-state index contributed by atoms with van der Waals surface area (Å²) in [7, 11) is 0. The van der Waals surface area contributed by atoms with E-state index >= 15 is 0 Å². The first kappa shape index (κ1) is 9.68. The fourth-order valence-corrected chi connectivity index (χ4v) is 1.54. The SMILES string of the molecule is CCN1CC(=O)C(NC(C)C)C1. The number of hydrogen-bond donors (Lipinski definition) is 1. The zero-order valence-electron chi connectivity index (χ0n) is 8.13. The lowest BCUT2D eigenvalue weighted by Gasteiger charge is -2.15. The van der Waals surface area contributed by atoms with Gasteiger partial charge in [0.2, 0.25) is 0 Å². The van der Waals surface area contributed by atoms with Crippen molar-refractivity contribution in [3.8, 4) is 0 Å². The molecule has 1 rings (SSSR count). The first-order valence-corrected chi connectivity index (χ1v) is 4.64. The number of carbonyl (C=O) groups is 1. The molecule has 0 saturated carbocycles. The second-order valence-corrected chi connectivity index (χ2v) is 3.67. The number of hydrogen-bond acceptors (Lipinski definition) is 3. The number of carbonyl (C=O) groups excluding carboxylic acids is 1. The van der Waals surface area contributed by atoms with Crippen LogP contribution in [-0.2, 0) is 4.79 Å². The first-order chi connectivity index (χ1) is 5.63. The van der Waals surface area contributed by atoms with Gasteiger partial charge in [-0.15, -0.1) is 0 Å². The Morgan fingerprint density at radius 3 is 2.75 bits per heavy atom. The third-order valence-corrected chi connectivity index (χ3v) is 2.19. The first-order valence-electron chi connectivity index (χ1n) is 4.64. The van der Waals surface area contributed by atoms with Gasteiger partial charge in [0.25, 0.3) is 0 Å². The molecule has 0 aliphatic carbocycles. The van der Waals surface area contributed by atoms with Crippen molar-refractivity contribution in [2.75, 3.05) is 19.6 Å². The number of Topliss-reactive ketones (excluding diaryl/α,β-unsaturated/α-hetero) is 1. The van der Waals surface area contributed by atoms with Gasteiger partial charge in [0, 0.05) is 12.6 Å². The van der Waals surface area contributed by atoms with E-state index in [0.29, 0.717) is 18.4 Å². The van der Waals surface area contributed by atoms with E-state index in [-0.39, 0.29) is 6.04 Å². The van der Waals surface area contributed by atoms with E-state index in [0.717, 1.165) is 13.1 Å². The highest BCUT2D eigenvalue weighted by Gasteiger charge is 2.29. The van der Waals surface area contributed by atoms with Crippen molar-refractivity contribution >= 4 is 5.78 Å². The van der Waals surface area contributed by atoms with E-state index in [4.69, 9.17) is 0 Å². The number of rotatable bonds is 3. The highest BCUT2D eigenvalue weighted by Crippen LogP contribution is 2.05. The summed E-state index contributed by atoms with van der Waals surface area (Å²) in [6.07, 6.45) is 0. The standard InChI is InChI=1S/C9H18N2O/c1-4-11-5-8(9(12)6-11)10-7(2)3/h7-8,10H,4-6H2,1-3H3. The Kier molecular flexibility index (Phi) is 3.23. The molecule has 0 aromatic heterocycles. The van der Waals surface area contributed by atoms with Gasteiger partial charge >= 0.3 is 0 Å². The number of likely N-dealkylation sites (tertiary alicyclic amines) is 1. The molecule has 0 bridgehead atoms. The van der Waals surface area contributed by atoms with Crippen LogP contribution in [0.5, 0.6) is 0 Å². The third-order valence-electron chi connectivity index (χ3n) is 2.19. The maximum Gasteiger partial charge on any atom is 0.164 e. The Labute approximate surface area is 74.1 Å². The predicted octanol–water partition coefficient (Wildman–Crippen LogP) is 0.258. The molecule has 3 heteroatoms. The molecular formula is C9H18N2O. The summed E-state index contributed by atoms with van der Waals surface area (Å²) in [6, 6.07) is 0.473. The van der Waals surface area contributed by atoms with Gasteiger partial charge in [0.05, 0.1) is 12.6 Å². The van der Waals surface area contributed by atoms with Crippen molar-refractivity contribution in [2.24, 2.45) is 0 Å². The van der Waals surface area contributed by atoms with Crippen molar-refractivity contribution in [2.45, 2.75) is 32.9 Å². The smallest absolute Gasteiger partial charge is 0.164 e. The van der Waals surface area contributed by atoms with Crippen LogP contribution in [0.15, 0.2) is 0 Å². The Balaban J connectivity index is 2.41. The highest BCUT2D eigenvalue weighted by molar-refractivity contribution is 5.88. The van der Waals surface area contributed by atoms with Crippen LogP contribution in [0.1, 0.15) is 20.8 Å². The summed E-state index contributed by atoms with van der Waals surface area (Å²) in [4.78, 5) is 13.5. The van der Waals surface area contributed by atoms with E-state index in [1.54, 1.807) is 0 Å². The lowest BCUT2D eigenvalue weighted by atomic mass is 10.2. The van der Waals surface area contributed by atoms with Gasteiger partial charge < -0.3 is 5.32 Å². The van der Waals surface area contributed by atoms with Crippen LogP contribution in [0.4, 0.5) is 0 Å². The van der Waals surface area contributed by atoms with Crippen LogP contribution < -0.4 is 5.32 Å². The molecule has 0 spiro atoms. The molecule has 0 aromatic carbocycles. The Hall–Kier alpha value is -0.410. The van der Waals surface area contributed by atoms with E-state index in [9.17, 15) is 4.79 Å². The van der Waals surface area contributed by atoms with E-state index in [1.807, 2.05) is 0 Å². The summed E-state index contributed by atoms with van der Waals surface area (Å²) in [5, 5.41) is 3.26. The van der Waals surface area contributed by atoms with Gasteiger partial charge in [-0.1, -0.05) is 20.8 Å². The largest absolute Gasteiger partial charge is 0.304 e. The summed E-state index contributed by atoms with van der Waals surface area (Å²) >= 11 is 0. The molecule has 0 radical (unpaired) electrons. The van der Waals surface area contributed by atoms with Crippen molar-refractivity contribution in [3.05, 3.63) is 0 Å². The Bertz CT molecular complexity index is 168. The van der Waals surface area contributed by atoms with Crippen molar-refractivity contribution in [3.63, 3.8) is 0 Å². The summed E-state index contributed by atoms with van der Waals surface area (Å²) in [5.41, 5.74) is 0. The van der Waals surface area contributed by atoms with Crippen molar-refractivity contribution in [1.82, 2.24) is 10.2 Å². The Morgan fingerprint density at radius 2 is 2.33 bits per heavy atom. The second kappa shape index (κ2) is 4.01. The van der Waals surface area contributed by atoms with Gasteiger partial charge in [0.15, 0.2) is 5.78 Å². The molecule has 1 unspecified atom stereocenters. The van der Waals surface area contributed by atoms with Crippen molar-refractivity contribution < 1.29 is 4.79 Å². The van der Waals surface area contributed by atoms with Crippen LogP contribution in [-0.4, -0.2) is 42.4 Å². The molecule has 1 aliphatic rings. The number of ketones is 1. The van der Waals surface area contributed by atoms with Crippen LogP contribution in [0.25, 0.3) is 0 Å². The molecule has 12 heavy (non-hydrogen) atoms. The highest BCUT2D eigenvalue weighted by atomic mass is 16.1. The van der Waals surface area contributed by atoms with Gasteiger partial charge in [-0.2, -0.15) is 0 Å². The molecule has 1 aliphatic heterocycles. The molecule has 1 N–H and O–H groups in total. The fraction of sp³-hybridized carbons (Fsp3) is 0.889. The van der Waals surface area contributed by atoms with Crippen molar-refractivity contribution in [1.29, 1.82) is 0 Å². The van der Waals surface area contributed by atoms with Crippen LogP contribution in [0.2, 0.25) is 0 Å². The molecule has 3 nitrogen and oxygen atoms in total. The normalized spacial score (nSPS) is 25.7. The molecule has 0 amide bonds. The van der Waals surface area contributed by atoms with E-state index < -0.39 is 0 Å². The third kappa shape index (κ3) is 2.29. The molecule has 0 aromatic rings. The monoisotopic (exact) mass is 170 g/mol. The zero-order valence-corrected chi connectivity index (χ0v) is 8.13. The number of likely N-dealkylation sites (N-methyl/N-ethyl adjacent to an activating group) is 1. The van der Waals surface area contributed by atoms with Crippen LogP contribution in [0, 0.1) is 0 Å². The summed E-state index contributed by atoms with van der Waals surface area (Å²) in [5.74, 6) is 0.338. The average Bonchev–Trinajstić information content (AvgIpc) is 2.31. The predicted molar refractivity (Wildman–Crippen MR) is 49.2 cm³/mol. The molecule has 1 heterocycles. The molecule has 70 valence electrons. The quantitative estimate of drug-likeness (QED) is 0.659. The fourth-order valence-electron chi connectivity index (χ4n) is 1.54. The maximum absolute atomic E-state index is 11.4. The van der Waals surface area contributed by atoms with Gasteiger partial charge in [-0.05, 0) is 6.54 Å². The van der Waals surface area contributed by atoms with Gasteiger partial charge in [-0.25, -0.2) is 0 Å². The molecule has 1 atom stereocenters. The molecule has 1 fully saturated rings. The Morgan fingerprint density at radius 1 is 1.67 bits per heavy atom. The number of nitrogens with one attached hydrogen (secondary N) is 1. The average molecular weight is 170 g/mol. The molecular weight excluding hydrogens is 152 g/mol. The minimum atomic E-state index is 0.0740. The summed E-state index contributed by atoms with van der Waals surface area (Å²) < 4.78 is 0. The van der Waals surface area contributed by atoms with Gasteiger partial charge in [0.1, 0.15) is 0 Å². The van der Waals surface area contributed by atoms with E-state index in [1.165, 1.54) is 0 Å². The lowest BCUT2D eigenvalue weighted by Crippen LogP contribution is -2.40. The minimum Gasteiger partial charge on any atom is -0.304 e. The maximum atomic E-state index is 11.4. The number of nitrogens with zero attached hydrogens (tertiary/aromatic N) is 1. The van der Waals surface area contributed by atoms with Crippen LogP contribution >= 0.6 is 0 Å². The summed E-state index contributed by atoms with van der Waals surface area (Å²) in [6.45, 7) is 8.71. The second-order valence-electron chi connectivity index (χ2n) is 3.67. The van der Waals surface area contributed by atoms with Crippen LogP contribution in [0.3, 0.4) is 0 Å². The zero-order chi connectivity index (χ0) is 9.14. The van der Waals surface area contributed by atoms with Gasteiger partial charge in [-0.3, -0.25) is 9.69 Å². The van der Waals surface area contributed by atoms with E-state index in [2.05, 4.69) is 31.0 Å². The molecule has 1 saturated heterocycles. The lowest BCUT2D eigenvalue weighted by molar-refractivity contribution is -0.118.